The Bertz CT molecular complexity index is 909. The topological polar surface area (TPSA) is 251 Å². The molecule has 10 N–H and O–H groups in total. The summed E-state index contributed by atoms with van der Waals surface area (Å²) in [6.07, 6.45) is -1.54. The van der Waals surface area contributed by atoms with E-state index in [0.29, 0.717) is 0 Å². The Hall–Kier alpha value is -4.04. The summed E-state index contributed by atoms with van der Waals surface area (Å²) in [4.78, 5) is 70.9. The third kappa shape index (κ3) is 9.62. The number of primary amides is 1. The van der Waals surface area contributed by atoms with Gasteiger partial charge in [-0.05, 0) is 12.0 Å². The van der Waals surface area contributed by atoms with Gasteiger partial charge in [-0.15, -0.1) is 0 Å². The first-order valence-electron chi connectivity index (χ1n) is 9.99. The smallest absolute Gasteiger partial charge is 0.328 e. The standard InChI is InChI=1S/C20H27N5O9/c21-11(6-10-4-2-1-3-5-10)17(30)23-12(7-15(22)27)18(31)24-13(8-16(28)29)19(32)25-14(9-26)20(33)34/h1-5,11-14,26H,6-9,21H2,(H2,22,27)(H,23,30)(H,24,31)(H,25,32)(H,28,29)(H,33,34). The normalized spacial score (nSPS) is 14.1. The second-order valence-corrected chi connectivity index (χ2v) is 7.27. The van der Waals surface area contributed by atoms with Crippen LogP contribution < -0.4 is 27.4 Å². The van der Waals surface area contributed by atoms with Crippen LogP contribution in [0.5, 0.6) is 0 Å². The van der Waals surface area contributed by atoms with Crippen molar-refractivity contribution in [2.75, 3.05) is 6.61 Å². The fourth-order valence-corrected chi connectivity index (χ4v) is 2.76. The third-order valence-corrected chi connectivity index (χ3v) is 4.48. The summed E-state index contributed by atoms with van der Waals surface area (Å²) in [7, 11) is 0. The van der Waals surface area contributed by atoms with E-state index in [-0.39, 0.29) is 6.42 Å². The number of aliphatic hydroxyl groups is 1. The number of carbonyl (C=O) groups is 6. The Morgan fingerprint density at radius 1 is 0.794 bits per heavy atom. The van der Waals surface area contributed by atoms with Crippen LogP contribution in [0.4, 0.5) is 0 Å². The highest BCUT2D eigenvalue weighted by Crippen LogP contribution is 2.04. The molecule has 0 bridgehead atoms. The Balaban J connectivity index is 2.94. The number of rotatable bonds is 14. The summed E-state index contributed by atoms with van der Waals surface area (Å²) in [5, 5.41) is 33.1. The van der Waals surface area contributed by atoms with Crippen molar-refractivity contribution in [1.82, 2.24) is 16.0 Å². The van der Waals surface area contributed by atoms with E-state index >= 15 is 0 Å². The molecule has 1 aromatic rings. The van der Waals surface area contributed by atoms with Gasteiger partial charge in [-0.1, -0.05) is 30.3 Å². The van der Waals surface area contributed by atoms with E-state index in [1.54, 1.807) is 30.3 Å². The Labute approximate surface area is 193 Å². The van der Waals surface area contributed by atoms with Gasteiger partial charge >= 0.3 is 11.9 Å². The average Bonchev–Trinajstić information content (AvgIpc) is 2.75. The first-order valence-corrected chi connectivity index (χ1v) is 9.99. The summed E-state index contributed by atoms with van der Waals surface area (Å²) >= 11 is 0. The number of benzene rings is 1. The number of carbonyl (C=O) groups excluding carboxylic acids is 4. The van der Waals surface area contributed by atoms with Crippen molar-refractivity contribution in [1.29, 1.82) is 0 Å². The number of aliphatic hydroxyl groups excluding tert-OH is 1. The van der Waals surface area contributed by atoms with E-state index in [1.807, 2.05) is 10.6 Å². The minimum Gasteiger partial charge on any atom is -0.481 e. The first-order chi connectivity index (χ1) is 15.9. The predicted octanol–water partition coefficient (Wildman–Crippen LogP) is -3.56. The van der Waals surface area contributed by atoms with Gasteiger partial charge in [-0.3, -0.25) is 24.0 Å². The minimum absolute atomic E-state index is 0.110. The number of carboxylic acid groups (broad SMARTS) is 2. The van der Waals surface area contributed by atoms with Crippen LogP contribution in [0.3, 0.4) is 0 Å². The summed E-state index contributed by atoms with van der Waals surface area (Å²) in [6.45, 7) is -0.992. The number of amides is 4. The molecule has 14 heteroatoms. The van der Waals surface area contributed by atoms with Gasteiger partial charge in [-0.25, -0.2) is 4.79 Å². The van der Waals surface area contributed by atoms with Crippen LogP contribution in [0.25, 0.3) is 0 Å². The summed E-state index contributed by atoms with van der Waals surface area (Å²) in [5.74, 6) is -7.25. The molecule has 4 amide bonds. The fourth-order valence-electron chi connectivity index (χ4n) is 2.76. The van der Waals surface area contributed by atoms with Crippen LogP contribution in [-0.4, -0.2) is 81.7 Å². The van der Waals surface area contributed by atoms with Crippen molar-refractivity contribution in [2.45, 2.75) is 43.4 Å². The zero-order chi connectivity index (χ0) is 25.8. The van der Waals surface area contributed by atoms with E-state index in [4.69, 9.17) is 26.8 Å². The van der Waals surface area contributed by atoms with Crippen molar-refractivity contribution in [3.63, 3.8) is 0 Å². The zero-order valence-electron chi connectivity index (χ0n) is 18.0. The molecule has 34 heavy (non-hydrogen) atoms. The lowest BCUT2D eigenvalue weighted by Crippen LogP contribution is -2.58. The third-order valence-electron chi connectivity index (χ3n) is 4.48. The molecule has 4 atom stereocenters. The minimum atomic E-state index is -1.79. The number of nitrogens with two attached hydrogens (primary N) is 2. The number of hydrogen-bond acceptors (Lipinski definition) is 8. The molecular weight excluding hydrogens is 454 g/mol. The maximum absolute atomic E-state index is 12.7. The largest absolute Gasteiger partial charge is 0.481 e. The molecule has 0 aliphatic heterocycles. The quantitative estimate of drug-likeness (QED) is 0.130. The molecule has 186 valence electrons. The molecule has 14 nitrogen and oxygen atoms in total. The summed E-state index contributed by atoms with van der Waals surface area (Å²) in [6, 6.07) is 2.46. The molecule has 1 rings (SSSR count). The molecule has 0 aromatic heterocycles. The summed E-state index contributed by atoms with van der Waals surface area (Å²) in [5.41, 5.74) is 11.7. The van der Waals surface area contributed by atoms with E-state index < -0.39 is 79.2 Å². The van der Waals surface area contributed by atoms with Crippen LogP contribution in [0.15, 0.2) is 30.3 Å². The summed E-state index contributed by atoms with van der Waals surface area (Å²) < 4.78 is 0. The molecule has 0 aliphatic rings. The van der Waals surface area contributed by atoms with Gasteiger partial charge in [0.05, 0.1) is 25.5 Å². The first kappa shape index (κ1) is 28.0. The SMILES string of the molecule is NC(=O)CC(NC(=O)C(N)Cc1ccccc1)C(=O)NC(CC(=O)O)C(=O)NC(CO)C(=O)O. The molecule has 0 radical (unpaired) electrons. The maximum atomic E-state index is 12.7. The highest BCUT2D eigenvalue weighted by Gasteiger charge is 2.32. The molecule has 0 heterocycles. The van der Waals surface area contributed by atoms with Crippen molar-refractivity contribution < 1.29 is 44.1 Å². The molecular formula is C20H27N5O9. The van der Waals surface area contributed by atoms with Gasteiger partial charge in [0.15, 0.2) is 0 Å². The second-order valence-electron chi connectivity index (χ2n) is 7.27. The van der Waals surface area contributed by atoms with E-state index in [1.165, 1.54) is 0 Å². The van der Waals surface area contributed by atoms with Gasteiger partial charge in [0, 0.05) is 0 Å². The molecule has 0 saturated heterocycles. The Morgan fingerprint density at radius 3 is 1.76 bits per heavy atom. The number of carboxylic acids is 2. The van der Waals surface area contributed by atoms with Gasteiger partial charge in [0.25, 0.3) is 0 Å². The highest BCUT2D eigenvalue weighted by molar-refractivity contribution is 5.97. The molecule has 1 aromatic carbocycles. The lowest BCUT2D eigenvalue weighted by atomic mass is 10.0. The molecule has 0 fully saturated rings. The van der Waals surface area contributed by atoms with Crippen molar-refractivity contribution >= 4 is 35.6 Å². The van der Waals surface area contributed by atoms with Crippen LogP contribution in [0.2, 0.25) is 0 Å². The second kappa shape index (κ2) is 13.5. The number of hydrogen-bond donors (Lipinski definition) is 8. The fraction of sp³-hybridized carbons (Fsp3) is 0.400. The van der Waals surface area contributed by atoms with Crippen LogP contribution in [0.1, 0.15) is 18.4 Å². The predicted molar refractivity (Wildman–Crippen MR) is 115 cm³/mol. The zero-order valence-corrected chi connectivity index (χ0v) is 18.0. The Morgan fingerprint density at radius 2 is 1.29 bits per heavy atom. The highest BCUT2D eigenvalue weighted by atomic mass is 16.4. The van der Waals surface area contributed by atoms with Gasteiger partial charge < -0.3 is 42.7 Å². The monoisotopic (exact) mass is 481 g/mol. The van der Waals surface area contributed by atoms with Crippen LogP contribution in [-0.2, 0) is 35.2 Å². The van der Waals surface area contributed by atoms with Crippen LogP contribution in [0, 0.1) is 0 Å². The lowest BCUT2D eigenvalue weighted by Gasteiger charge is -2.23. The van der Waals surface area contributed by atoms with Crippen molar-refractivity contribution in [3.8, 4) is 0 Å². The van der Waals surface area contributed by atoms with Crippen molar-refractivity contribution in [3.05, 3.63) is 35.9 Å². The molecule has 0 aliphatic carbocycles. The van der Waals surface area contributed by atoms with E-state index in [2.05, 4.69) is 5.32 Å². The Kier molecular flexibility index (Phi) is 11.1. The number of nitrogens with one attached hydrogen (secondary N) is 3. The average molecular weight is 481 g/mol. The van der Waals surface area contributed by atoms with Gasteiger partial charge in [0.2, 0.25) is 23.6 Å². The molecule has 0 saturated carbocycles. The van der Waals surface area contributed by atoms with Gasteiger partial charge in [0.1, 0.15) is 18.1 Å². The molecule has 0 spiro atoms. The molecule has 4 unspecified atom stereocenters. The number of aliphatic carboxylic acids is 2. The van der Waals surface area contributed by atoms with Crippen molar-refractivity contribution in [2.24, 2.45) is 11.5 Å². The van der Waals surface area contributed by atoms with Crippen LogP contribution >= 0.6 is 0 Å². The van der Waals surface area contributed by atoms with Gasteiger partial charge in [-0.2, -0.15) is 0 Å². The van der Waals surface area contributed by atoms with E-state index in [9.17, 15) is 28.8 Å². The van der Waals surface area contributed by atoms with E-state index in [0.717, 1.165) is 5.56 Å². The lowest BCUT2D eigenvalue weighted by molar-refractivity contribution is -0.144. The maximum Gasteiger partial charge on any atom is 0.328 e.